The van der Waals surface area contributed by atoms with Crippen LogP contribution in [0.15, 0.2) is 36.9 Å². The lowest BCUT2D eigenvalue weighted by molar-refractivity contribution is 0.102. The van der Waals surface area contributed by atoms with Crippen LogP contribution in [0.4, 0.5) is 5.69 Å². The van der Waals surface area contributed by atoms with Crippen LogP contribution in [0.2, 0.25) is 0 Å². The van der Waals surface area contributed by atoms with Crippen molar-refractivity contribution in [2.45, 2.75) is 0 Å². The van der Waals surface area contributed by atoms with E-state index in [4.69, 9.17) is 10.00 Å². The van der Waals surface area contributed by atoms with E-state index in [1.165, 1.54) is 25.8 Å². The minimum Gasteiger partial charge on any atom is -0.495 e. The number of methoxy groups -OCH3 is 1. The predicted octanol–water partition coefficient (Wildman–Crippen LogP) is 1.61. The van der Waals surface area contributed by atoms with Crippen molar-refractivity contribution < 1.29 is 9.53 Å². The molecule has 2 rings (SSSR count). The second-order valence-corrected chi connectivity index (χ2v) is 3.58. The highest BCUT2D eigenvalue weighted by molar-refractivity contribution is 6.05. The SMILES string of the molecule is COc1cccc(C#N)c1NC(=O)c1cncnc1. The van der Waals surface area contributed by atoms with E-state index in [2.05, 4.69) is 15.3 Å². The molecule has 0 aliphatic heterocycles. The second kappa shape index (κ2) is 5.60. The van der Waals surface area contributed by atoms with Gasteiger partial charge in [0, 0.05) is 12.4 Å². The Morgan fingerprint density at radius 2 is 2.11 bits per heavy atom. The average molecular weight is 254 g/mol. The van der Waals surface area contributed by atoms with Crippen LogP contribution in [0, 0.1) is 11.3 Å². The molecule has 1 heterocycles. The van der Waals surface area contributed by atoms with Gasteiger partial charge in [-0.25, -0.2) is 9.97 Å². The number of nitrogens with one attached hydrogen (secondary N) is 1. The molecule has 1 aromatic carbocycles. The summed E-state index contributed by atoms with van der Waals surface area (Å²) >= 11 is 0. The van der Waals surface area contributed by atoms with Gasteiger partial charge in [-0.15, -0.1) is 0 Å². The average Bonchev–Trinajstić information content (AvgIpc) is 2.48. The highest BCUT2D eigenvalue weighted by Gasteiger charge is 2.13. The normalized spacial score (nSPS) is 9.47. The molecule has 0 atom stereocenters. The quantitative estimate of drug-likeness (QED) is 0.898. The zero-order valence-corrected chi connectivity index (χ0v) is 10.1. The number of rotatable bonds is 3. The summed E-state index contributed by atoms with van der Waals surface area (Å²) in [4.78, 5) is 19.5. The van der Waals surface area contributed by atoms with Gasteiger partial charge in [0.25, 0.3) is 5.91 Å². The van der Waals surface area contributed by atoms with Gasteiger partial charge >= 0.3 is 0 Å². The molecular formula is C13H10N4O2. The third-order valence-corrected chi connectivity index (χ3v) is 2.43. The minimum absolute atomic E-state index is 0.303. The summed E-state index contributed by atoms with van der Waals surface area (Å²) in [5.41, 5.74) is 0.961. The third-order valence-electron chi connectivity index (χ3n) is 2.43. The molecule has 0 fully saturated rings. The van der Waals surface area contributed by atoms with Gasteiger partial charge in [0.2, 0.25) is 0 Å². The molecule has 0 unspecified atom stereocenters. The van der Waals surface area contributed by atoms with E-state index in [1.54, 1.807) is 18.2 Å². The molecule has 0 spiro atoms. The number of benzene rings is 1. The first-order valence-electron chi connectivity index (χ1n) is 5.39. The van der Waals surface area contributed by atoms with E-state index >= 15 is 0 Å². The fourth-order valence-electron chi connectivity index (χ4n) is 1.53. The molecule has 6 heteroatoms. The van der Waals surface area contributed by atoms with Gasteiger partial charge in [-0.1, -0.05) is 6.07 Å². The van der Waals surface area contributed by atoms with Crippen molar-refractivity contribution in [2.75, 3.05) is 12.4 Å². The standard InChI is InChI=1S/C13H10N4O2/c1-19-11-4-2-3-9(5-14)12(11)17-13(18)10-6-15-8-16-7-10/h2-4,6-8H,1H3,(H,17,18). The summed E-state index contributed by atoms with van der Waals surface area (Å²) in [5, 5.41) is 11.7. The maximum Gasteiger partial charge on any atom is 0.258 e. The van der Waals surface area contributed by atoms with Crippen LogP contribution in [-0.4, -0.2) is 23.0 Å². The number of carbonyl (C=O) groups excluding carboxylic acids is 1. The molecule has 0 saturated heterocycles. The number of aromatic nitrogens is 2. The Labute approximate surface area is 109 Å². The lowest BCUT2D eigenvalue weighted by atomic mass is 10.1. The molecule has 0 saturated carbocycles. The molecule has 94 valence electrons. The van der Waals surface area contributed by atoms with Crippen molar-refractivity contribution in [3.63, 3.8) is 0 Å². The fraction of sp³-hybridized carbons (Fsp3) is 0.0769. The maximum absolute atomic E-state index is 12.0. The lowest BCUT2D eigenvalue weighted by Crippen LogP contribution is -2.14. The Hall–Kier alpha value is -2.94. The van der Waals surface area contributed by atoms with Crippen molar-refractivity contribution in [2.24, 2.45) is 0 Å². The molecule has 1 N–H and O–H groups in total. The van der Waals surface area contributed by atoms with Gasteiger partial charge in [0.05, 0.1) is 18.2 Å². The smallest absolute Gasteiger partial charge is 0.258 e. The minimum atomic E-state index is -0.401. The van der Waals surface area contributed by atoms with Crippen molar-refractivity contribution in [3.05, 3.63) is 48.0 Å². The van der Waals surface area contributed by atoms with Gasteiger partial charge in [0.1, 0.15) is 23.8 Å². The fourth-order valence-corrected chi connectivity index (χ4v) is 1.53. The first-order valence-corrected chi connectivity index (χ1v) is 5.39. The van der Waals surface area contributed by atoms with E-state index in [0.29, 0.717) is 22.6 Å². The van der Waals surface area contributed by atoms with Crippen LogP contribution < -0.4 is 10.1 Å². The number of ether oxygens (including phenoxy) is 1. The summed E-state index contributed by atoms with van der Waals surface area (Å²) < 4.78 is 5.13. The van der Waals surface area contributed by atoms with Crippen LogP contribution in [0.5, 0.6) is 5.75 Å². The highest BCUT2D eigenvalue weighted by atomic mass is 16.5. The van der Waals surface area contributed by atoms with Crippen LogP contribution in [0.3, 0.4) is 0 Å². The van der Waals surface area contributed by atoms with E-state index in [1.807, 2.05) is 6.07 Å². The molecule has 19 heavy (non-hydrogen) atoms. The Bertz CT molecular complexity index is 635. The number of amides is 1. The van der Waals surface area contributed by atoms with Crippen molar-refractivity contribution in [1.82, 2.24) is 9.97 Å². The Morgan fingerprint density at radius 3 is 2.74 bits per heavy atom. The largest absolute Gasteiger partial charge is 0.495 e. The van der Waals surface area contributed by atoms with Gasteiger partial charge in [-0.2, -0.15) is 5.26 Å². The van der Waals surface area contributed by atoms with E-state index in [9.17, 15) is 4.79 Å². The number of para-hydroxylation sites is 1. The molecule has 0 aliphatic carbocycles. The molecular weight excluding hydrogens is 244 g/mol. The van der Waals surface area contributed by atoms with Gasteiger partial charge < -0.3 is 10.1 Å². The van der Waals surface area contributed by atoms with Crippen LogP contribution in [0.25, 0.3) is 0 Å². The Balaban J connectivity index is 2.34. The van der Waals surface area contributed by atoms with E-state index in [-0.39, 0.29) is 0 Å². The van der Waals surface area contributed by atoms with E-state index < -0.39 is 5.91 Å². The number of nitrogens with zero attached hydrogens (tertiary/aromatic N) is 3. The van der Waals surface area contributed by atoms with Gasteiger partial charge in [-0.3, -0.25) is 4.79 Å². The lowest BCUT2D eigenvalue weighted by Gasteiger charge is -2.11. The summed E-state index contributed by atoms with van der Waals surface area (Å²) in [6.07, 6.45) is 4.12. The van der Waals surface area contributed by atoms with Crippen LogP contribution >= 0.6 is 0 Å². The zero-order valence-electron chi connectivity index (χ0n) is 10.1. The number of hydrogen-bond acceptors (Lipinski definition) is 5. The molecule has 1 aromatic heterocycles. The molecule has 1 amide bonds. The number of nitriles is 1. The molecule has 6 nitrogen and oxygen atoms in total. The number of anilines is 1. The maximum atomic E-state index is 12.0. The first kappa shape index (κ1) is 12.5. The summed E-state index contributed by atoms with van der Waals surface area (Å²) in [5.74, 6) is 0.0193. The van der Waals surface area contributed by atoms with Crippen LogP contribution in [0.1, 0.15) is 15.9 Å². The Morgan fingerprint density at radius 1 is 1.37 bits per heavy atom. The number of hydrogen-bond donors (Lipinski definition) is 1. The topological polar surface area (TPSA) is 87.9 Å². The highest BCUT2D eigenvalue weighted by Crippen LogP contribution is 2.28. The first-order chi connectivity index (χ1) is 9.26. The van der Waals surface area contributed by atoms with E-state index in [0.717, 1.165) is 0 Å². The van der Waals surface area contributed by atoms with Gasteiger partial charge in [-0.05, 0) is 12.1 Å². The van der Waals surface area contributed by atoms with Gasteiger partial charge in [0.15, 0.2) is 0 Å². The second-order valence-electron chi connectivity index (χ2n) is 3.58. The number of carbonyl (C=O) groups is 1. The summed E-state index contributed by atoms with van der Waals surface area (Å²) in [6.45, 7) is 0. The summed E-state index contributed by atoms with van der Waals surface area (Å²) in [7, 11) is 1.47. The zero-order chi connectivity index (χ0) is 13.7. The van der Waals surface area contributed by atoms with Crippen molar-refractivity contribution >= 4 is 11.6 Å². The predicted molar refractivity (Wildman–Crippen MR) is 67.7 cm³/mol. The molecule has 2 aromatic rings. The van der Waals surface area contributed by atoms with Crippen molar-refractivity contribution in [1.29, 1.82) is 5.26 Å². The molecule has 0 bridgehead atoms. The van der Waals surface area contributed by atoms with Crippen LogP contribution in [-0.2, 0) is 0 Å². The van der Waals surface area contributed by atoms with Crippen molar-refractivity contribution in [3.8, 4) is 11.8 Å². The Kier molecular flexibility index (Phi) is 3.69. The third kappa shape index (κ3) is 2.66. The summed E-state index contributed by atoms with van der Waals surface area (Å²) in [6, 6.07) is 6.94. The molecule has 0 aliphatic rings. The molecule has 0 radical (unpaired) electrons. The monoisotopic (exact) mass is 254 g/mol.